The highest BCUT2D eigenvalue weighted by Crippen LogP contribution is 2.23. The van der Waals surface area contributed by atoms with Gasteiger partial charge >= 0.3 is 5.97 Å². The Balaban J connectivity index is 3.33. The molecule has 0 amide bonds. The summed E-state index contributed by atoms with van der Waals surface area (Å²) in [7, 11) is 0. The Kier molecular flexibility index (Phi) is 2.78. The molecule has 3 nitrogen and oxygen atoms in total. The standard InChI is InChI=1S/C9H10ClNO2/c1-2-5-3-7(10)8(11)4-6(5)9(12)13/h3-4H,2,11H2,1H3,(H,12,13). The fourth-order valence-electron chi connectivity index (χ4n) is 1.12. The van der Waals surface area contributed by atoms with Gasteiger partial charge < -0.3 is 10.8 Å². The summed E-state index contributed by atoms with van der Waals surface area (Å²) < 4.78 is 0. The minimum atomic E-state index is -0.972. The molecule has 0 aliphatic carbocycles. The molecule has 13 heavy (non-hydrogen) atoms. The van der Waals surface area contributed by atoms with E-state index in [-0.39, 0.29) is 5.56 Å². The Labute approximate surface area is 81.1 Å². The molecule has 3 N–H and O–H groups in total. The number of rotatable bonds is 2. The Morgan fingerprint density at radius 3 is 2.69 bits per heavy atom. The molecule has 0 aliphatic rings. The molecule has 0 fully saturated rings. The van der Waals surface area contributed by atoms with Crippen molar-refractivity contribution >= 4 is 23.3 Å². The molecule has 0 heterocycles. The fraction of sp³-hybridized carbons (Fsp3) is 0.222. The van der Waals surface area contributed by atoms with Crippen molar-refractivity contribution in [2.24, 2.45) is 0 Å². The van der Waals surface area contributed by atoms with E-state index in [1.807, 2.05) is 6.92 Å². The van der Waals surface area contributed by atoms with E-state index in [1.54, 1.807) is 6.07 Å². The summed E-state index contributed by atoms with van der Waals surface area (Å²) in [6, 6.07) is 2.99. The molecule has 0 spiro atoms. The zero-order valence-corrected chi connectivity index (χ0v) is 7.93. The number of aromatic carboxylic acids is 1. The Morgan fingerprint density at radius 1 is 1.62 bits per heavy atom. The van der Waals surface area contributed by atoms with Gasteiger partial charge in [-0.05, 0) is 24.1 Å². The number of hydrogen-bond donors (Lipinski definition) is 2. The first-order chi connectivity index (χ1) is 6.06. The SMILES string of the molecule is CCc1cc(Cl)c(N)cc1C(=O)O. The topological polar surface area (TPSA) is 63.3 Å². The molecule has 0 bridgehead atoms. The van der Waals surface area contributed by atoms with Crippen LogP contribution in [0.2, 0.25) is 5.02 Å². The molecule has 0 radical (unpaired) electrons. The van der Waals surface area contributed by atoms with Crippen LogP contribution in [0.5, 0.6) is 0 Å². The van der Waals surface area contributed by atoms with Crippen molar-refractivity contribution in [2.45, 2.75) is 13.3 Å². The van der Waals surface area contributed by atoms with Crippen LogP contribution in [0.15, 0.2) is 12.1 Å². The maximum atomic E-state index is 10.7. The minimum absolute atomic E-state index is 0.226. The highest BCUT2D eigenvalue weighted by Gasteiger charge is 2.11. The fourth-order valence-corrected chi connectivity index (χ4v) is 1.31. The summed E-state index contributed by atoms with van der Waals surface area (Å²) in [4.78, 5) is 10.7. The number of nitrogen functional groups attached to an aromatic ring is 1. The monoisotopic (exact) mass is 199 g/mol. The largest absolute Gasteiger partial charge is 0.478 e. The van der Waals surface area contributed by atoms with Gasteiger partial charge in [0.1, 0.15) is 0 Å². The number of halogens is 1. The van der Waals surface area contributed by atoms with E-state index < -0.39 is 5.97 Å². The van der Waals surface area contributed by atoms with Gasteiger partial charge in [0.05, 0.1) is 16.3 Å². The second-order valence-electron chi connectivity index (χ2n) is 2.69. The summed E-state index contributed by atoms with van der Waals surface area (Å²) in [6.45, 7) is 1.87. The smallest absolute Gasteiger partial charge is 0.336 e. The number of carbonyl (C=O) groups is 1. The molecule has 0 saturated carbocycles. The van der Waals surface area contributed by atoms with Crippen LogP contribution in [-0.4, -0.2) is 11.1 Å². The van der Waals surface area contributed by atoms with E-state index in [2.05, 4.69) is 0 Å². The first-order valence-corrected chi connectivity index (χ1v) is 4.25. The minimum Gasteiger partial charge on any atom is -0.478 e. The third-order valence-electron chi connectivity index (χ3n) is 1.83. The van der Waals surface area contributed by atoms with Crippen LogP contribution in [0.1, 0.15) is 22.8 Å². The Bertz CT molecular complexity index is 350. The van der Waals surface area contributed by atoms with Gasteiger partial charge in [-0.3, -0.25) is 0 Å². The number of carboxylic acids is 1. The van der Waals surface area contributed by atoms with Crippen molar-refractivity contribution in [1.82, 2.24) is 0 Å². The van der Waals surface area contributed by atoms with Gasteiger partial charge in [0.25, 0.3) is 0 Å². The molecule has 1 aromatic rings. The summed E-state index contributed by atoms with van der Waals surface area (Å²) in [5.41, 5.74) is 6.72. The number of benzene rings is 1. The van der Waals surface area contributed by atoms with Gasteiger partial charge in [-0.2, -0.15) is 0 Å². The summed E-state index contributed by atoms with van der Waals surface area (Å²) >= 11 is 5.75. The van der Waals surface area contributed by atoms with E-state index in [9.17, 15) is 4.79 Å². The predicted molar refractivity (Wildman–Crippen MR) is 52.2 cm³/mol. The summed E-state index contributed by atoms with van der Waals surface area (Å²) in [6.07, 6.45) is 0.627. The van der Waals surface area contributed by atoms with Gasteiger partial charge in [0, 0.05) is 0 Å². The maximum absolute atomic E-state index is 10.7. The lowest BCUT2D eigenvalue weighted by molar-refractivity contribution is 0.0696. The van der Waals surface area contributed by atoms with Crippen LogP contribution in [-0.2, 0) is 6.42 Å². The lowest BCUT2D eigenvalue weighted by Gasteiger charge is -2.06. The quantitative estimate of drug-likeness (QED) is 0.718. The van der Waals surface area contributed by atoms with Crippen LogP contribution in [0.3, 0.4) is 0 Å². The van der Waals surface area contributed by atoms with Crippen LogP contribution < -0.4 is 5.73 Å². The molecule has 0 saturated heterocycles. The van der Waals surface area contributed by atoms with Crippen LogP contribution in [0.4, 0.5) is 5.69 Å². The highest BCUT2D eigenvalue weighted by molar-refractivity contribution is 6.33. The molecule has 0 unspecified atom stereocenters. The Hall–Kier alpha value is -1.22. The van der Waals surface area contributed by atoms with Crippen LogP contribution in [0.25, 0.3) is 0 Å². The van der Waals surface area contributed by atoms with E-state index in [0.29, 0.717) is 22.7 Å². The van der Waals surface area contributed by atoms with Crippen LogP contribution in [0, 0.1) is 0 Å². The van der Waals surface area contributed by atoms with Crippen molar-refractivity contribution in [3.05, 3.63) is 28.3 Å². The second kappa shape index (κ2) is 3.66. The zero-order valence-electron chi connectivity index (χ0n) is 7.17. The number of carboxylic acid groups (broad SMARTS) is 1. The normalized spacial score (nSPS) is 10.0. The van der Waals surface area contributed by atoms with Gasteiger partial charge in [-0.1, -0.05) is 18.5 Å². The molecule has 1 rings (SSSR count). The average Bonchev–Trinajstić information content (AvgIpc) is 2.08. The molecule has 1 aromatic carbocycles. The van der Waals surface area contributed by atoms with Gasteiger partial charge in [0.2, 0.25) is 0 Å². The average molecular weight is 200 g/mol. The van der Waals surface area contributed by atoms with Crippen molar-refractivity contribution in [3.63, 3.8) is 0 Å². The highest BCUT2D eigenvalue weighted by atomic mass is 35.5. The third kappa shape index (κ3) is 1.92. The maximum Gasteiger partial charge on any atom is 0.336 e. The number of anilines is 1. The van der Waals surface area contributed by atoms with E-state index in [1.165, 1.54) is 6.07 Å². The van der Waals surface area contributed by atoms with E-state index in [4.69, 9.17) is 22.4 Å². The second-order valence-corrected chi connectivity index (χ2v) is 3.10. The van der Waals surface area contributed by atoms with Crippen molar-refractivity contribution in [2.75, 3.05) is 5.73 Å². The van der Waals surface area contributed by atoms with Gasteiger partial charge in [-0.15, -0.1) is 0 Å². The Morgan fingerprint density at radius 2 is 2.23 bits per heavy atom. The van der Waals surface area contributed by atoms with Crippen molar-refractivity contribution in [1.29, 1.82) is 0 Å². The van der Waals surface area contributed by atoms with Crippen LogP contribution >= 0.6 is 11.6 Å². The lowest BCUT2D eigenvalue weighted by Crippen LogP contribution is -2.03. The molecule has 0 aliphatic heterocycles. The predicted octanol–water partition coefficient (Wildman–Crippen LogP) is 2.18. The zero-order chi connectivity index (χ0) is 10.0. The van der Waals surface area contributed by atoms with E-state index >= 15 is 0 Å². The molecular formula is C9H10ClNO2. The van der Waals surface area contributed by atoms with Gasteiger partial charge in [0.15, 0.2) is 0 Å². The van der Waals surface area contributed by atoms with Gasteiger partial charge in [-0.25, -0.2) is 4.79 Å². The molecular weight excluding hydrogens is 190 g/mol. The third-order valence-corrected chi connectivity index (χ3v) is 2.16. The summed E-state index contributed by atoms with van der Waals surface area (Å²) in [5, 5.41) is 9.22. The number of nitrogens with two attached hydrogens (primary N) is 1. The first kappa shape index (κ1) is 9.86. The number of hydrogen-bond acceptors (Lipinski definition) is 2. The molecule has 4 heteroatoms. The first-order valence-electron chi connectivity index (χ1n) is 3.87. The molecule has 0 atom stereocenters. The molecule has 70 valence electrons. The number of aryl methyl sites for hydroxylation is 1. The van der Waals surface area contributed by atoms with E-state index in [0.717, 1.165) is 0 Å². The van der Waals surface area contributed by atoms with Crippen molar-refractivity contribution in [3.8, 4) is 0 Å². The van der Waals surface area contributed by atoms with Crippen molar-refractivity contribution < 1.29 is 9.90 Å². The molecule has 0 aromatic heterocycles. The summed E-state index contributed by atoms with van der Waals surface area (Å²) in [5.74, 6) is -0.972. The lowest BCUT2D eigenvalue weighted by atomic mass is 10.0.